The Morgan fingerprint density at radius 3 is 2.42 bits per heavy atom. The zero-order valence-electron chi connectivity index (χ0n) is 21.2. The van der Waals surface area contributed by atoms with Crippen LogP contribution in [-0.4, -0.2) is 66.3 Å². The summed E-state index contributed by atoms with van der Waals surface area (Å²) < 4.78 is 61.8. The first kappa shape index (κ1) is 26.1. The van der Waals surface area contributed by atoms with E-state index in [1.807, 2.05) is 11.9 Å². The molecule has 4 aromatic rings. The van der Waals surface area contributed by atoms with Crippen molar-refractivity contribution in [2.24, 2.45) is 0 Å². The molecule has 14 heteroatoms. The number of rotatable bonds is 7. The molecule has 12 nitrogen and oxygen atoms in total. The van der Waals surface area contributed by atoms with Gasteiger partial charge >= 0.3 is 12.0 Å². The standard InChI is InChI=1S/C24H28N6O6S2/c1-4-37(32,33)27-18-9-12-28(13-10-18)30-22-20-11-14-29(38(34,35)19-7-5-16(2)6-8-19)23(20)25-15-21(22)26-24(30)36-17(3)31/h5-8,11,14-15,18,27H,4,9-10,12-13H2,1-3H3. The molecule has 202 valence electrons. The van der Waals surface area contributed by atoms with Gasteiger partial charge in [-0.1, -0.05) is 17.7 Å². The largest absolute Gasteiger partial charge is 0.391 e. The minimum Gasteiger partial charge on any atom is -0.391 e. The zero-order chi connectivity index (χ0) is 27.2. The van der Waals surface area contributed by atoms with E-state index in [9.17, 15) is 21.6 Å². The van der Waals surface area contributed by atoms with Gasteiger partial charge in [0.2, 0.25) is 10.0 Å². The first-order valence-corrected chi connectivity index (χ1v) is 15.2. The number of nitrogens with zero attached hydrogens (tertiary/aromatic N) is 5. The lowest BCUT2D eigenvalue weighted by atomic mass is 10.1. The Kier molecular flexibility index (Phi) is 6.65. The Morgan fingerprint density at radius 1 is 1.11 bits per heavy atom. The average Bonchev–Trinajstić information content (AvgIpc) is 3.46. The Labute approximate surface area is 220 Å². The first-order valence-electron chi connectivity index (χ1n) is 12.1. The van der Waals surface area contributed by atoms with Crippen LogP contribution in [0.2, 0.25) is 0 Å². The van der Waals surface area contributed by atoms with Crippen LogP contribution in [0.15, 0.2) is 47.6 Å². The molecule has 1 saturated heterocycles. The number of benzene rings is 1. The van der Waals surface area contributed by atoms with Gasteiger partial charge in [0.25, 0.3) is 10.0 Å². The molecule has 0 aliphatic carbocycles. The lowest BCUT2D eigenvalue weighted by molar-refractivity contribution is -0.132. The van der Waals surface area contributed by atoms with Crippen LogP contribution >= 0.6 is 0 Å². The average molecular weight is 561 g/mol. The molecule has 0 atom stereocenters. The summed E-state index contributed by atoms with van der Waals surface area (Å²) in [4.78, 5) is 20.9. The molecule has 3 aromatic heterocycles. The van der Waals surface area contributed by atoms with Crippen molar-refractivity contribution in [2.75, 3.05) is 23.9 Å². The number of hydrogen-bond donors (Lipinski definition) is 1. The van der Waals surface area contributed by atoms with Gasteiger partial charge in [-0.05, 0) is 44.9 Å². The summed E-state index contributed by atoms with van der Waals surface area (Å²) in [6.45, 7) is 5.63. The maximum absolute atomic E-state index is 13.4. The van der Waals surface area contributed by atoms with Crippen LogP contribution in [0.4, 0.5) is 0 Å². The van der Waals surface area contributed by atoms with Crippen LogP contribution in [0.25, 0.3) is 22.1 Å². The fourth-order valence-electron chi connectivity index (χ4n) is 4.58. The van der Waals surface area contributed by atoms with E-state index in [2.05, 4.69) is 14.7 Å². The van der Waals surface area contributed by atoms with Crippen molar-refractivity contribution in [1.29, 1.82) is 0 Å². The molecule has 0 spiro atoms. The molecule has 38 heavy (non-hydrogen) atoms. The predicted octanol–water partition coefficient (Wildman–Crippen LogP) is 1.90. The number of aromatic nitrogens is 4. The maximum Gasteiger partial charge on any atom is 0.324 e. The summed E-state index contributed by atoms with van der Waals surface area (Å²) in [5.74, 6) is -0.556. The van der Waals surface area contributed by atoms with Crippen LogP contribution in [-0.2, 0) is 24.8 Å². The second kappa shape index (κ2) is 9.67. The highest BCUT2D eigenvalue weighted by Gasteiger charge is 2.29. The molecule has 5 rings (SSSR count). The zero-order valence-corrected chi connectivity index (χ0v) is 22.8. The molecule has 0 saturated carbocycles. The van der Waals surface area contributed by atoms with E-state index < -0.39 is 26.0 Å². The molecule has 1 aromatic carbocycles. The van der Waals surface area contributed by atoms with Gasteiger partial charge in [0.15, 0.2) is 5.65 Å². The Bertz CT molecular complexity index is 1730. The topological polar surface area (TPSA) is 145 Å². The van der Waals surface area contributed by atoms with Crippen LogP contribution in [0.3, 0.4) is 0 Å². The Hall–Kier alpha value is -3.49. The summed E-state index contributed by atoms with van der Waals surface area (Å²) >= 11 is 0. The van der Waals surface area contributed by atoms with Crippen molar-refractivity contribution in [2.45, 2.75) is 44.6 Å². The molecule has 1 N–H and O–H groups in total. The van der Waals surface area contributed by atoms with E-state index in [1.54, 1.807) is 41.9 Å². The number of nitrogens with one attached hydrogen (secondary N) is 1. The monoisotopic (exact) mass is 560 g/mol. The lowest BCUT2D eigenvalue weighted by Gasteiger charge is -2.34. The highest BCUT2D eigenvalue weighted by atomic mass is 32.2. The molecular formula is C24H28N6O6S2. The minimum atomic E-state index is -3.92. The molecular weight excluding hydrogens is 532 g/mol. The number of imidazole rings is 1. The van der Waals surface area contributed by atoms with E-state index in [4.69, 9.17) is 4.74 Å². The van der Waals surface area contributed by atoms with Gasteiger partial charge in [0.1, 0.15) is 11.0 Å². The normalized spacial score (nSPS) is 15.4. The smallest absolute Gasteiger partial charge is 0.324 e. The summed E-state index contributed by atoms with van der Waals surface area (Å²) in [5, 5.41) is 2.42. The van der Waals surface area contributed by atoms with Crippen molar-refractivity contribution in [3.63, 3.8) is 0 Å². The summed E-state index contributed by atoms with van der Waals surface area (Å²) in [7, 11) is -7.26. The second-order valence-corrected chi connectivity index (χ2v) is 13.1. The fraction of sp³-hybridized carbons (Fsp3) is 0.375. The van der Waals surface area contributed by atoms with Crippen LogP contribution in [0.5, 0.6) is 6.01 Å². The fourth-order valence-corrected chi connectivity index (χ4v) is 6.80. The third kappa shape index (κ3) is 4.74. The SMILES string of the molecule is CCS(=O)(=O)NC1CCN(n2c(OC(C)=O)nc3cnc4c(ccn4S(=O)(=O)c4ccc(C)cc4)c32)CC1. The van der Waals surface area contributed by atoms with Gasteiger partial charge < -0.3 is 9.75 Å². The van der Waals surface area contributed by atoms with Crippen LogP contribution in [0.1, 0.15) is 32.3 Å². The lowest BCUT2D eigenvalue weighted by Crippen LogP contribution is -2.48. The molecule has 0 radical (unpaired) electrons. The summed E-state index contributed by atoms with van der Waals surface area (Å²) in [5.41, 5.74) is 2.11. The van der Waals surface area contributed by atoms with Crippen molar-refractivity contribution in [1.82, 2.24) is 23.3 Å². The van der Waals surface area contributed by atoms with Gasteiger partial charge in [-0.25, -0.2) is 35.2 Å². The number of carbonyl (C=O) groups is 1. The maximum atomic E-state index is 13.4. The van der Waals surface area contributed by atoms with E-state index >= 15 is 0 Å². The van der Waals surface area contributed by atoms with E-state index in [-0.39, 0.29) is 28.3 Å². The van der Waals surface area contributed by atoms with Gasteiger partial charge in [-0.3, -0.25) is 4.79 Å². The second-order valence-electron chi connectivity index (χ2n) is 9.21. The molecule has 4 heterocycles. The van der Waals surface area contributed by atoms with Gasteiger partial charge in [0.05, 0.1) is 16.8 Å². The highest BCUT2D eigenvalue weighted by molar-refractivity contribution is 7.90. The number of carbonyl (C=O) groups excluding carboxylic acids is 1. The van der Waals surface area contributed by atoms with E-state index in [0.29, 0.717) is 42.4 Å². The van der Waals surface area contributed by atoms with Gasteiger partial charge in [0, 0.05) is 37.6 Å². The van der Waals surface area contributed by atoms with Crippen molar-refractivity contribution in [3.05, 3.63) is 48.3 Å². The minimum absolute atomic E-state index is 0.00341. The molecule has 1 aliphatic heterocycles. The molecule has 1 aliphatic rings. The number of sulfonamides is 1. The van der Waals surface area contributed by atoms with Crippen LogP contribution < -0.4 is 14.5 Å². The van der Waals surface area contributed by atoms with E-state index in [1.165, 1.54) is 19.3 Å². The Morgan fingerprint density at radius 2 is 1.79 bits per heavy atom. The Balaban J connectivity index is 1.59. The van der Waals surface area contributed by atoms with Crippen LogP contribution in [0, 0.1) is 6.92 Å². The summed E-state index contributed by atoms with van der Waals surface area (Å²) in [6, 6.07) is 8.02. The van der Waals surface area contributed by atoms with Crippen molar-refractivity contribution >= 4 is 48.1 Å². The number of fused-ring (bicyclic) bond motifs is 3. The van der Waals surface area contributed by atoms with Crippen molar-refractivity contribution < 1.29 is 26.4 Å². The summed E-state index contributed by atoms with van der Waals surface area (Å²) in [6.07, 6.45) is 3.94. The number of piperidine rings is 1. The highest BCUT2D eigenvalue weighted by Crippen LogP contribution is 2.31. The van der Waals surface area contributed by atoms with Gasteiger partial charge in [-0.15, -0.1) is 0 Å². The number of esters is 1. The molecule has 0 amide bonds. The van der Waals surface area contributed by atoms with Crippen molar-refractivity contribution in [3.8, 4) is 6.01 Å². The number of hydrogen-bond acceptors (Lipinski definition) is 9. The third-order valence-corrected chi connectivity index (χ3v) is 9.67. The van der Waals surface area contributed by atoms with Gasteiger partial charge in [-0.2, -0.15) is 4.98 Å². The molecule has 0 unspecified atom stereocenters. The third-order valence-electron chi connectivity index (χ3n) is 6.54. The quantitative estimate of drug-likeness (QED) is 0.335. The first-order chi connectivity index (χ1) is 18.0. The molecule has 0 bridgehead atoms. The van der Waals surface area contributed by atoms with E-state index in [0.717, 1.165) is 9.54 Å². The number of pyridine rings is 1. The number of ether oxygens (including phenoxy) is 1. The molecule has 1 fully saturated rings. The predicted molar refractivity (Wildman–Crippen MR) is 142 cm³/mol. The number of aryl methyl sites for hydroxylation is 1.